The fourth-order valence-corrected chi connectivity index (χ4v) is 4.95. The molecular formula is C20H28N4O2S2. The summed E-state index contributed by atoms with van der Waals surface area (Å²) in [4.78, 5) is 3.99. The smallest absolute Gasteiger partial charge is 0.253 e. The lowest BCUT2D eigenvalue weighted by Crippen LogP contribution is -2.47. The van der Waals surface area contributed by atoms with E-state index >= 15 is 0 Å². The molecule has 1 fully saturated rings. The average molecular weight is 421 g/mol. The van der Waals surface area contributed by atoms with Gasteiger partial charge in [0.25, 0.3) is 10.0 Å². The topological polar surface area (TPSA) is 73.5 Å². The Morgan fingerprint density at radius 3 is 2.29 bits per heavy atom. The zero-order valence-corrected chi connectivity index (χ0v) is 17.5. The fourth-order valence-electron chi connectivity index (χ4n) is 3.00. The maximum Gasteiger partial charge on any atom is 0.253 e. The van der Waals surface area contributed by atoms with Gasteiger partial charge in [0.15, 0.2) is 0 Å². The highest BCUT2D eigenvalue weighted by molar-refractivity contribution is 7.99. The highest BCUT2D eigenvalue weighted by atomic mass is 32.2. The summed E-state index contributed by atoms with van der Waals surface area (Å²) in [5.74, 6) is 0.767. The lowest BCUT2D eigenvalue weighted by Gasteiger charge is -2.22. The van der Waals surface area contributed by atoms with Crippen LogP contribution < -0.4 is 15.7 Å². The number of thioether (sulfide) groups is 1. The van der Waals surface area contributed by atoms with Gasteiger partial charge >= 0.3 is 0 Å². The first-order valence-electron chi connectivity index (χ1n) is 9.62. The van der Waals surface area contributed by atoms with Crippen LogP contribution in [0.1, 0.15) is 19.3 Å². The highest BCUT2D eigenvalue weighted by Crippen LogP contribution is 2.19. The number of nitrogens with zero attached hydrogens (tertiary/aromatic N) is 1. The van der Waals surface area contributed by atoms with E-state index in [0.29, 0.717) is 0 Å². The quantitative estimate of drug-likeness (QED) is 0.383. The molecule has 0 amide bonds. The Balaban J connectivity index is 1.54. The Kier molecular flexibility index (Phi) is 8.32. The fraction of sp³-hybridized carbons (Fsp3) is 0.400. The maximum absolute atomic E-state index is 12.5. The molecule has 0 spiro atoms. The first kappa shape index (κ1) is 21.3. The third-order valence-electron chi connectivity index (χ3n) is 4.58. The number of hydrogen-bond donors (Lipinski definition) is 3. The molecule has 1 atom stereocenters. The molecule has 0 aliphatic carbocycles. The summed E-state index contributed by atoms with van der Waals surface area (Å²) in [6.07, 6.45) is 3.28. The molecule has 8 heteroatoms. The summed E-state index contributed by atoms with van der Waals surface area (Å²) >= 11 is 1.72. The van der Waals surface area contributed by atoms with Gasteiger partial charge in [-0.25, -0.2) is 18.9 Å². The molecule has 1 aliphatic rings. The largest absolute Gasteiger partial charge is 0.255 e. The predicted octanol–water partition coefficient (Wildman–Crippen LogP) is 2.62. The van der Waals surface area contributed by atoms with Gasteiger partial charge in [-0.1, -0.05) is 36.4 Å². The summed E-state index contributed by atoms with van der Waals surface area (Å²) in [6, 6.07) is 18.6. The van der Waals surface area contributed by atoms with Crippen LogP contribution in [-0.2, 0) is 10.0 Å². The van der Waals surface area contributed by atoms with Crippen molar-refractivity contribution in [2.45, 2.75) is 35.1 Å². The van der Waals surface area contributed by atoms with Crippen LogP contribution >= 0.6 is 11.8 Å². The minimum Gasteiger partial charge on any atom is -0.255 e. The molecular weight excluding hydrogens is 392 g/mol. The standard InChI is InChI=1S/C20H28N4O2S2/c25-28(26,20-11-5-2-6-12-20)23-22-18(13-14-21-24-15-7-8-16-24)17-27-19-9-3-1-4-10-19/h1-6,9-12,18,21-23H,7-8,13-17H2. The van der Waals surface area contributed by atoms with E-state index in [1.165, 1.54) is 17.7 Å². The zero-order chi connectivity index (χ0) is 19.7. The van der Waals surface area contributed by atoms with Crippen LogP contribution in [0.15, 0.2) is 70.5 Å². The third kappa shape index (κ3) is 6.88. The molecule has 1 aliphatic heterocycles. The van der Waals surface area contributed by atoms with Crippen LogP contribution in [0.4, 0.5) is 0 Å². The molecule has 1 unspecified atom stereocenters. The van der Waals surface area contributed by atoms with Crippen molar-refractivity contribution in [3.63, 3.8) is 0 Å². The molecule has 0 saturated carbocycles. The normalized spacial score (nSPS) is 16.3. The van der Waals surface area contributed by atoms with Crippen molar-refractivity contribution >= 4 is 21.8 Å². The molecule has 3 N–H and O–H groups in total. The van der Waals surface area contributed by atoms with Crippen LogP contribution in [0.2, 0.25) is 0 Å². The number of hydrazine groups is 2. The second-order valence-corrected chi connectivity index (χ2v) is 9.55. The van der Waals surface area contributed by atoms with Gasteiger partial charge in [0.1, 0.15) is 0 Å². The van der Waals surface area contributed by atoms with Gasteiger partial charge in [-0.3, -0.25) is 5.43 Å². The Morgan fingerprint density at radius 1 is 0.964 bits per heavy atom. The number of rotatable bonds is 11. The van der Waals surface area contributed by atoms with Crippen LogP contribution in [-0.4, -0.2) is 44.9 Å². The molecule has 0 aromatic heterocycles. The van der Waals surface area contributed by atoms with E-state index in [4.69, 9.17) is 0 Å². The molecule has 28 heavy (non-hydrogen) atoms. The molecule has 6 nitrogen and oxygen atoms in total. The minimum absolute atomic E-state index is 0.00111. The lowest BCUT2D eigenvalue weighted by molar-refractivity contribution is 0.230. The summed E-state index contributed by atoms with van der Waals surface area (Å²) in [5, 5.41) is 2.25. The van der Waals surface area contributed by atoms with Crippen molar-refractivity contribution in [1.29, 1.82) is 0 Å². The van der Waals surface area contributed by atoms with Gasteiger partial charge in [0, 0.05) is 36.3 Å². The van der Waals surface area contributed by atoms with Gasteiger partial charge in [-0.05, 0) is 43.5 Å². The molecule has 1 heterocycles. The van der Waals surface area contributed by atoms with Crippen LogP contribution in [0.25, 0.3) is 0 Å². The number of hydrogen-bond acceptors (Lipinski definition) is 6. The Bertz CT molecular complexity index is 797. The second kappa shape index (κ2) is 10.9. The van der Waals surface area contributed by atoms with Crippen LogP contribution in [0.5, 0.6) is 0 Å². The summed E-state index contributed by atoms with van der Waals surface area (Å²) in [5.41, 5.74) is 6.48. The van der Waals surface area contributed by atoms with E-state index in [0.717, 1.165) is 31.8 Å². The zero-order valence-electron chi connectivity index (χ0n) is 15.9. The molecule has 2 aromatic rings. The van der Waals surface area contributed by atoms with Gasteiger partial charge < -0.3 is 0 Å². The van der Waals surface area contributed by atoms with Crippen molar-refractivity contribution in [3.8, 4) is 0 Å². The summed E-state index contributed by atoms with van der Waals surface area (Å²) in [7, 11) is -3.58. The van der Waals surface area contributed by atoms with E-state index in [-0.39, 0.29) is 10.9 Å². The van der Waals surface area contributed by atoms with Crippen molar-refractivity contribution in [1.82, 2.24) is 20.7 Å². The Morgan fingerprint density at radius 2 is 1.61 bits per heavy atom. The van der Waals surface area contributed by atoms with Gasteiger partial charge in [-0.2, -0.15) is 0 Å². The minimum atomic E-state index is -3.58. The highest BCUT2D eigenvalue weighted by Gasteiger charge is 2.17. The molecule has 0 bridgehead atoms. The van der Waals surface area contributed by atoms with Crippen molar-refractivity contribution in [2.24, 2.45) is 0 Å². The van der Waals surface area contributed by atoms with E-state index in [1.807, 2.05) is 18.2 Å². The Labute approximate surface area is 172 Å². The van der Waals surface area contributed by atoms with Crippen molar-refractivity contribution < 1.29 is 8.42 Å². The number of sulfonamides is 1. The van der Waals surface area contributed by atoms with E-state index in [9.17, 15) is 8.42 Å². The van der Waals surface area contributed by atoms with Crippen molar-refractivity contribution in [2.75, 3.05) is 25.4 Å². The molecule has 3 rings (SSSR count). The van der Waals surface area contributed by atoms with E-state index < -0.39 is 10.0 Å². The molecule has 1 saturated heterocycles. The second-order valence-electron chi connectivity index (χ2n) is 6.77. The monoisotopic (exact) mass is 420 g/mol. The summed E-state index contributed by atoms with van der Waals surface area (Å²) in [6.45, 7) is 2.97. The Hall–Kier alpha value is -1.42. The van der Waals surface area contributed by atoms with Crippen molar-refractivity contribution in [3.05, 3.63) is 60.7 Å². The molecule has 0 radical (unpaired) electrons. The molecule has 152 valence electrons. The lowest BCUT2D eigenvalue weighted by atomic mass is 10.2. The third-order valence-corrected chi connectivity index (χ3v) is 7.03. The van der Waals surface area contributed by atoms with Crippen LogP contribution in [0.3, 0.4) is 0 Å². The maximum atomic E-state index is 12.5. The first-order chi connectivity index (χ1) is 13.6. The summed E-state index contributed by atoms with van der Waals surface area (Å²) < 4.78 is 25.0. The predicted molar refractivity (Wildman–Crippen MR) is 114 cm³/mol. The van der Waals surface area contributed by atoms with Gasteiger partial charge in [0.05, 0.1) is 4.90 Å². The van der Waals surface area contributed by atoms with E-state index in [1.54, 1.807) is 42.1 Å². The van der Waals surface area contributed by atoms with Gasteiger partial charge in [-0.15, -0.1) is 16.6 Å². The average Bonchev–Trinajstić information content (AvgIpc) is 3.24. The first-order valence-corrected chi connectivity index (χ1v) is 12.1. The van der Waals surface area contributed by atoms with E-state index in [2.05, 4.69) is 32.8 Å². The van der Waals surface area contributed by atoms with Gasteiger partial charge in [0.2, 0.25) is 0 Å². The molecule has 2 aromatic carbocycles. The SMILES string of the molecule is O=S(=O)(NNC(CCNN1CCCC1)CSc1ccccc1)c1ccccc1. The van der Waals surface area contributed by atoms with Crippen LogP contribution in [0, 0.1) is 0 Å². The number of benzene rings is 2. The number of nitrogens with one attached hydrogen (secondary N) is 3.